The Kier molecular flexibility index (Phi) is 3.65. The van der Waals surface area contributed by atoms with E-state index in [1.54, 1.807) is 0 Å². The number of hydrogen-bond donors (Lipinski definition) is 6. The number of nitrogens with two attached hydrogens (primary N) is 4. The van der Waals surface area contributed by atoms with Crippen molar-refractivity contribution in [3.05, 3.63) is 5.69 Å². The average Bonchev–Trinajstić information content (AvgIpc) is 2.79. The lowest BCUT2D eigenvalue weighted by Gasteiger charge is -1.92. The molecule has 0 amide bonds. The molecule has 0 spiro atoms. The molecular formula is C8H16N8O. The lowest BCUT2D eigenvalue weighted by Crippen LogP contribution is -1.92. The van der Waals surface area contributed by atoms with Gasteiger partial charge in [-0.15, -0.1) is 0 Å². The number of hydrogen-bond acceptors (Lipinski definition) is 7. The van der Waals surface area contributed by atoms with Gasteiger partial charge in [-0.1, -0.05) is 0 Å². The van der Waals surface area contributed by atoms with E-state index in [-0.39, 0.29) is 5.82 Å². The van der Waals surface area contributed by atoms with Crippen LogP contribution in [0.4, 0.5) is 23.0 Å². The molecule has 94 valence electrons. The number of ether oxygens (including phenoxy) is 1. The fourth-order valence-electron chi connectivity index (χ4n) is 0.960. The topological polar surface area (TPSA) is 171 Å². The van der Waals surface area contributed by atoms with Crippen molar-refractivity contribution in [3.8, 4) is 5.88 Å². The summed E-state index contributed by atoms with van der Waals surface area (Å²) < 4.78 is 4.74. The van der Waals surface area contributed by atoms with Crippen molar-refractivity contribution in [2.45, 2.75) is 6.92 Å². The Morgan fingerprint density at radius 2 is 1.47 bits per heavy atom. The molecule has 9 heteroatoms. The predicted octanol–water partition coefficient (Wildman–Crippen LogP) is -0.535. The standard InChI is InChI=1S/C4H8N4O.C4H8N4/c1-9-4-2(5)3(6)7-8-4;1-2-3(5)4(6)8-7-2/h5H2,1H3,(H3,6,7,8);5H2,1H3,(H3,6,7,8). The van der Waals surface area contributed by atoms with Crippen molar-refractivity contribution in [2.75, 3.05) is 30.0 Å². The lowest BCUT2D eigenvalue weighted by atomic mass is 10.4. The molecule has 0 aliphatic heterocycles. The van der Waals surface area contributed by atoms with Crippen molar-refractivity contribution in [1.29, 1.82) is 0 Å². The summed E-state index contributed by atoms with van der Waals surface area (Å²) in [6.45, 7) is 1.82. The molecule has 0 unspecified atom stereocenters. The van der Waals surface area contributed by atoms with Crippen LogP contribution in [0.1, 0.15) is 5.69 Å². The molecule has 0 atom stereocenters. The molecule has 10 N–H and O–H groups in total. The number of methoxy groups -OCH3 is 1. The Labute approximate surface area is 97.5 Å². The summed E-state index contributed by atoms with van der Waals surface area (Å²) in [6.07, 6.45) is 0. The molecule has 0 saturated heterocycles. The SMILES string of the molecule is COc1[nH]nc(N)c1N.Cc1[nH]nc(N)c1N. The Morgan fingerprint density at radius 1 is 0.941 bits per heavy atom. The van der Waals surface area contributed by atoms with Gasteiger partial charge in [0.05, 0.1) is 18.5 Å². The molecule has 0 radical (unpaired) electrons. The number of aryl methyl sites for hydroxylation is 1. The van der Waals surface area contributed by atoms with Gasteiger partial charge >= 0.3 is 0 Å². The zero-order chi connectivity index (χ0) is 13.0. The molecule has 2 aromatic heterocycles. The summed E-state index contributed by atoms with van der Waals surface area (Å²) >= 11 is 0. The second-order valence-corrected chi connectivity index (χ2v) is 3.20. The minimum Gasteiger partial charge on any atom is -0.480 e. The number of aromatic amines is 2. The van der Waals surface area contributed by atoms with E-state index in [4.69, 9.17) is 27.7 Å². The molecule has 2 heterocycles. The van der Waals surface area contributed by atoms with Gasteiger partial charge < -0.3 is 27.7 Å². The maximum atomic E-state index is 5.38. The third kappa shape index (κ3) is 2.71. The second-order valence-electron chi connectivity index (χ2n) is 3.20. The number of aromatic nitrogens is 4. The van der Waals surface area contributed by atoms with Crippen LogP contribution in [0.2, 0.25) is 0 Å². The molecule has 0 aromatic carbocycles. The first kappa shape index (κ1) is 12.5. The summed E-state index contributed by atoms with van der Waals surface area (Å²) in [5.41, 5.74) is 23.0. The van der Waals surface area contributed by atoms with Crippen LogP contribution in [-0.4, -0.2) is 27.5 Å². The van der Waals surface area contributed by atoms with Crippen LogP contribution in [-0.2, 0) is 0 Å². The minimum atomic E-state index is 0.270. The predicted molar refractivity (Wildman–Crippen MR) is 66.1 cm³/mol. The van der Waals surface area contributed by atoms with E-state index in [1.165, 1.54) is 7.11 Å². The van der Waals surface area contributed by atoms with Gasteiger partial charge in [-0.2, -0.15) is 10.2 Å². The Balaban J connectivity index is 0.000000171. The summed E-state index contributed by atoms with van der Waals surface area (Å²) in [7, 11) is 1.49. The molecule has 9 nitrogen and oxygen atoms in total. The van der Waals surface area contributed by atoms with E-state index >= 15 is 0 Å². The molecular weight excluding hydrogens is 224 g/mol. The smallest absolute Gasteiger partial charge is 0.235 e. The third-order valence-electron chi connectivity index (χ3n) is 2.03. The second kappa shape index (κ2) is 4.96. The highest BCUT2D eigenvalue weighted by Gasteiger charge is 2.04. The molecule has 0 bridgehead atoms. The molecule has 2 rings (SSSR count). The number of nitrogens with one attached hydrogen (secondary N) is 2. The van der Waals surface area contributed by atoms with E-state index in [0.29, 0.717) is 23.1 Å². The zero-order valence-corrected chi connectivity index (χ0v) is 9.61. The summed E-state index contributed by atoms with van der Waals surface area (Å²) in [5.74, 6) is 1.06. The highest BCUT2D eigenvalue weighted by molar-refractivity contribution is 5.64. The zero-order valence-electron chi connectivity index (χ0n) is 9.61. The summed E-state index contributed by atoms with van der Waals surface area (Å²) in [4.78, 5) is 0. The maximum absolute atomic E-state index is 5.38. The van der Waals surface area contributed by atoms with Gasteiger partial charge in [0.15, 0.2) is 11.6 Å². The van der Waals surface area contributed by atoms with E-state index in [9.17, 15) is 0 Å². The first-order valence-corrected chi connectivity index (χ1v) is 4.66. The highest BCUT2D eigenvalue weighted by Crippen LogP contribution is 2.21. The van der Waals surface area contributed by atoms with E-state index in [2.05, 4.69) is 20.4 Å². The number of rotatable bonds is 1. The van der Waals surface area contributed by atoms with Crippen LogP contribution in [0.3, 0.4) is 0 Å². The van der Waals surface area contributed by atoms with Crippen LogP contribution < -0.4 is 27.7 Å². The van der Waals surface area contributed by atoms with Gasteiger partial charge in [0, 0.05) is 0 Å². The van der Waals surface area contributed by atoms with Gasteiger partial charge in [-0.3, -0.25) is 5.10 Å². The quantitative estimate of drug-likeness (QED) is 0.388. The first-order chi connectivity index (χ1) is 7.97. The van der Waals surface area contributed by atoms with Gasteiger partial charge in [-0.05, 0) is 6.92 Å². The Hall–Kier alpha value is -2.58. The van der Waals surface area contributed by atoms with E-state index in [0.717, 1.165) is 5.69 Å². The van der Waals surface area contributed by atoms with E-state index < -0.39 is 0 Å². The summed E-state index contributed by atoms with van der Waals surface area (Å²) in [6, 6.07) is 0. The van der Waals surface area contributed by atoms with Crippen molar-refractivity contribution >= 4 is 23.0 Å². The fraction of sp³-hybridized carbons (Fsp3) is 0.250. The normalized spacial score (nSPS) is 9.53. The van der Waals surface area contributed by atoms with Gasteiger partial charge in [0.1, 0.15) is 5.69 Å². The average molecular weight is 240 g/mol. The molecule has 17 heavy (non-hydrogen) atoms. The number of anilines is 4. The monoisotopic (exact) mass is 240 g/mol. The number of nitrogens with zero attached hydrogens (tertiary/aromatic N) is 2. The first-order valence-electron chi connectivity index (χ1n) is 4.66. The van der Waals surface area contributed by atoms with Crippen LogP contribution >= 0.6 is 0 Å². The van der Waals surface area contributed by atoms with Crippen molar-refractivity contribution in [2.24, 2.45) is 0 Å². The summed E-state index contributed by atoms with van der Waals surface area (Å²) in [5, 5.41) is 12.4. The van der Waals surface area contributed by atoms with Gasteiger partial charge in [0.2, 0.25) is 5.88 Å². The molecule has 2 aromatic rings. The fourth-order valence-corrected chi connectivity index (χ4v) is 0.960. The van der Waals surface area contributed by atoms with Crippen molar-refractivity contribution < 1.29 is 4.74 Å². The highest BCUT2D eigenvalue weighted by atomic mass is 16.5. The number of H-pyrrole nitrogens is 2. The lowest BCUT2D eigenvalue weighted by molar-refractivity contribution is 0.399. The van der Waals surface area contributed by atoms with Gasteiger partial charge in [-0.25, -0.2) is 5.10 Å². The Morgan fingerprint density at radius 3 is 1.65 bits per heavy atom. The third-order valence-corrected chi connectivity index (χ3v) is 2.03. The maximum Gasteiger partial charge on any atom is 0.235 e. The Bertz CT molecular complexity index is 468. The minimum absolute atomic E-state index is 0.270. The largest absolute Gasteiger partial charge is 0.480 e. The number of nitrogen functional groups attached to an aromatic ring is 4. The van der Waals surface area contributed by atoms with Crippen molar-refractivity contribution in [1.82, 2.24) is 20.4 Å². The van der Waals surface area contributed by atoms with Crippen LogP contribution in [0.25, 0.3) is 0 Å². The molecule has 0 saturated carbocycles. The van der Waals surface area contributed by atoms with Crippen molar-refractivity contribution in [3.63, 3.8) is 0 Å². The van der Waals surface area contributed by atoms with Crippen LogP contribution in [0, 0.1) is 6.92 Å². The van der Waals surface area contributed by atoms with E-state index in [1.807, 2.05) is 6.92 Å². The van der Waals surface area contributed by atoms with Crippen LogP contribution in [0.5, 0.6) is 5.88 Å². The molecule has 0 fully saturated rings. The van der Waals surface area contributed by atoms with Crippen LogP contribution in [0.15, 0.2) is 0 Å². The van der Waals surface area contributed by atoms with Gasteiger partial charge in [0.25, 0.3) is 0 Å². The molecule has 0 aliphatic rings. The molecule has 0 aliphatic carbocycles.